The molecule has 12 heavy (non-hydrogen) atoms. The highest BCUT2D eigenvalue weighted by molar-refractivity contribution is 9.15. The molecule has 0 heterocycles. The third-order valence-electron chi connectivity index (χ3n) is 1.51. The molecule has 0 amide bonds. The van der Waals surface area contributed by atoms with Gasteiger partial charge in [-0.25, -0.2) is 0 Å². The molecule has 0 aliphatic rings. The first kappa shape index (κ1) is 9.20. The summed E-state index contributed by atoms with van der Waals surface area (Å²) in [6.45, 7) is 2.02. The van der Waals surface area contributed by atoms with Crippen LogP contribution in [0, 0.1) is 6.92 Å². The number of hydrogen-bond donors (Lipinski definition) is 0. The number of benzene rings is 1. The van der Waals surface area contributed by atoms with Gasteiger partial charge < -0.3 is 0 Å². The van der Waals surface area contributed by atoms with Crippen LogP contribution < -0.4 is 0 Å². The second kappa shape index (κ2) is 4.21. The molecule has 62 valence electrons. The maximum absolute atomic E-state index is 10.2. The molecule has 0 aliphatic heterocycles. The molecule has 1 nitrogen and oxygen atoms in total. The van der Waals surface area contributed by atoms with Crippen molar-refractivity contribution >= 4 is 26.7 Å². The Balaban J connectivity index is 3.03. The number of aryl methyl sites for hydroxylation is 1. The van der Waals surface area contributed by atoms with E-state index in [0.29, 0.717) is 0 Å². The van der Waals surface area contributed by atoms with Crippen molar-refractivity contribution in [3.63, 3.8) is 0 Å². The van der Waals surface area contributed by atoms with Gasteiger partial charge in [-0.2, -0.15) is 0 Å². The fourth-order valence-electron chi connectivity index (χ4n) is 0.950. The van der Waals surface area contributed by atoms with Crippen LogP contribution in [0.25, 0.3) is 4.48 Å². The number of aldehydes is 1. The van der Waals surface area contributed by atoms with Crippen LogP contribution in [0.2, 0.25) is 0 Å². The van der Waals surface area contributed by atoms with E-state index in [0.717, 1.165) is 16.3 Å². The molecule has 0 N–H and O–H groups in total. The molecule has 0 bridgehead atoms. The van der Waals surface area contributed by atoms with Crippen molar-refractivity contribution < 1.29 is 4.79 Å². The zero-order chi connectivity index (χ0) is 8.97. The Morgan fingerprint density at radius 2 is 2.25 bits per heavy atom. The Morgan fingerprint density at radius 3 is 2.83 bits per heavy atom. The lowest BCUT2D eigenvalue weighted by molar-refractivity contribution is -0.104. The van der Waals surface area contributed by atoms with Gasteiger partial charge in [0, 0.05) is 4.48 Å². The van der Waals surface area contributed by atoms with E-state index in [1.54, 1.807) is 0 Å². The molecule has 0 aliphatic carbocycles. The number of carbonyl (C=O) groups excluding carboxylic acids is 1. The molecular formula is C10H9BrO. The second-order valence-electron chi connectivity index (χ2n) is 2.52. The third kappa shape index (κ3) is 2.31. The maximum atomic E-state index is 10.2. The second-order valence-corrected chi connectivity index (χ2v) is 3.37. The Bertz CT molecular complexity index is 315. The first-order valence-corrected chi connectivity index (χ1v) is 4.41. The van der Waals surface area contributed by atoms with Crippen molar-refractivity contribution in [3.8, 4) is 0 Å². The van der Waals surface area contributed by atoms with Gasteiger partial charge in [-0.3, -0.25) is 4.79 Å². The molecule has 0 fully saturated rings. The summed E-state index contributed by atoms with van der Waals surface area (Å²) in [5.74, 6) is 0. The van der Waals surface area contributed by atoms with Crippen LogP contribution in [0.1, 0.15) is 11.1 Å². The van der Waals surface area contributed by atoms with Crippen molar-refractivity contribution in [1.82, 2.24) is 0 Å². The molecule has 0 radical (unpaired) electrons. The van der Waals surface area contributed by atoms with E-state index < -0.39 is 0 Å². The van der Waals surface area contributed by atoms with Gasteiger partial charge in [-0.1, -0.05) is 45.8 Å². The van der Waals surface area contributed by atoms with Gasteiger partial charge in [0.15, 0.2) is 0 Å². The Labute approximate surface area is 80.2 Å². The van der Waals surface area contributed by atoms with E-state index in [1.807, 2.05) is 31.2 Å². The fourth-order valence-corrected chi connectivity index (χ4v) is 1.30. The molecule has 0 unspecified atom stereocenters. The molecular weight excluding hydrogens is 216 g/mol. The summed E-state index contributed by atoms with van der Waals surface area (Å²) >= 11 is 3.31. The molecule has 1 aromatic rings. The number of allylic oxidation sites excluding steroid dienone is 1. The van der Waals surface area contributed by atoms with E-state index in [2.05, 4.69) is 15.9 Å². The molecule has 0 atom stereocenters. The van der Waals surface area contributed by atoms with Crippen LogP contribution in [0.15, 0.2) is 30.3 Å². The number of rotatable bonds is 2. The van der Waals surface area contributed by atoms with Gasteiger partial charge in [0.05, 0.1) is 0 Å². The van der Waals surface area contributed by atoms with Crippen molar-refractivity contribution in [3.05, 3.63) is 41.5 Å². The molecule has 1 rings (SSSR count). The third-order valence-corrected chi connectivity index (χ3v) is 2.23. The van der Waals surface area contributed by atoms with Crippen LogP contribution in [-0.2, 0) is 4.79 Å². The molecule has 0 aromatic heterocycles. The molecule has 0 spiro atoms. The highest BCUT2D eigenvalue weighted by atomic mass is 79.9. The summed E-state index contributed by atoms with van der Waals surface area (Å²) in [5, 5.41) is 0. The lowest BCUT2D eigenvalue weighted by atomic mass is 10.1. The minimum absolute atomic E-state index is 0.770. The normalized spacial score (nSPS) is 11.3. The van der Waals surface area contributed by atoms with Gasteiger partial charge in [0.1, 0.15) is 6.29 Å². The average molecular weight is 225 g/mol. The topological polar surface area (TPSA) is 17.1 Å². The van der Waals surface area contributed by atoms with Gasteiger partial charge in [-0.05, 0) is 18.6 Å². The first-order chi connectivity index (χ1) is 5.74. The predicted molar refractivity (Wildman–Crippen MR) is 54.1 cm³/mol. The standard InChI is InChI=1S/C10H9BrO/c1-8-3-2-4-9(7-8)10(11)5-6-12/h2-7H,1H3/b10-5-. The lowest BCUT2D eigenvalue weighted by Crippen LogP contribution is -1.78. The van der Waals surface area contributed by atoms with Gasteiger partial charge in [0.2, 0.25) is 0 Å². The minimum Gasteiger partial charge on any atom is -0.299 e. The van der Waals surface area contributed by atoms with Crippen LogP contribution in [0.3, 0.4) is 0 Å². The van der Waals surface area contributed by atoms with Crippen LogP contribution in [0.4, 0.5) is 0 Å². The summed E-state index contributed by atoms with van der Waals surface area (Å²) < 4.78 is 0.821. The van der Waals surface area contributed by atoms with E-state index in [1.165, 1.54) is 11.6 Å². The SMILES string of the molecule is Cc1cccc(/C(Br)=C/C=O)c1. The predicted octanol–water partition coefficient (Wildman–Crippen LogP) is 2.93. The molecule has 0 saturated carbocycles. The van der Waals surface area contributed by atoms with E-state index in [-0.39, 0.29) is 0 Å². The maximum Gasteiger partial charge on any atom is 0.143 e. The highest BCUT2D eigenvalue weighted by Gasteiger charge is 1.95. The molecule has 2 heteroatoms. The summed E-state index contributed by atoms with van der Waals surface area (Å²) in [6, 6.07) is 7.95. The summed E-state index contributed by atoms with van der Waals surface area (Å²) in [7, 11) is 0. The lowest BCUT2D eigenvalue weighted by Gasteiger charge is -1.98. The van der Waals surface area contributed by atoms with E-state index in [9.17, 15) is 4.79 Å². The Morgan fingerprint density at radius 1 is 1.50 bits per heavy atom. The van der Waals surface area contributed by atoms with Crippen LogP contribution in [0.5, 0.6) is 0 Å². The highest BCUT2D eigenvalue weighted by Crippen LogP contribution is 2.20. The number of halogens is 1. The number of carbonyl (C=O) groups is 1. The average Bonchev–Trinajstić information content (AvgIpc) is 2.05. The quantitative estimate of drug-likeness (QED) is 0.558. The largest absolute Gasteiger partial charge is 0.299 e. The summed E-state index contributed by atoms with van der Waals surface area (Å²) in [4.78, 5) is 10.2. The Hall–Kier alpha value is -0.890. The fraction of sp³-hybridized carbons (Fsp3) is 0.100. The van der Waals surface area contributed by atoms with Crippen molar-refractivity contribution in [1.29, 1.82) is 0 Å². The van der Waals surface area contributed by atoms with E-state index in [4.69, 9.17) is 0 Å². The van der Waals surface area contributed by atoms with Crippen molar-refractivity contribution in [2.24, 2.45) is 0 Å². The number of hydrogen-bond acceptors (Lipinski definition) is 1. The van der Waals surface area contributed by atoms with Gasteiger partial charge in [0.25, 0.3) is 0 Å². The molecule has 0 saturated heterocycles. The zero-order valence-electron chi connectivity index (χ0n) is 6.75. The Kier molecular flexibility index (Phi) is 3.23. The van der Waals surface area contributed by atoms with Crippen molar-refractivity contribution in [2.75, 3.05) is 0 Å². The molecule has 1 aromatic carbocycles. The van der Waals surface area contributed by atoms with E-state index >= 15 is 0 Å². The van der Waals surface area contributed by atoms with Crippen LogP contribution in [-0.4, -0.2) is 6.29 Å². The first-order valence-electron chi connectivity index (χ1n) is 3.62. The zero-order valence-corrected chi connectivity index (χ0v) is 8.34. The summed E-state index contributed by atoms with van der Waals surface area (Å²) in [6.07, 6.45) is 2.27. The smallest absolute Gasteiger partial charge is 0.143 e. The summed E-state index contributed by atoms with van der Waals surface area (Å²) in [5.41, 5.74) is 2.21. The monoisotopic (exact) mass is 224 g/mol. The van der Waals surface area contributed by atoms with Gasteiger partial charge >= 0.3 is 0 Å². The van der Waals surface area contributed by atoms with Crippen molar-refractivity contribution in [2.45, 2.75) is 6.92 Å². The van der Waals surface area contributed by atoms with Gasteiger partial charge in [-0.15, -0.1) is 0 Å². The van der Waals surface area contributed by atoms with Crippen LogP contribution >= 0.6 is 15.9 Å². The minimum atomic E-state index is 0.770.